The number of anilines is 1. The number of carbonyl (C=O) groups is 1. The first-order chi connectivity index (χ1) is 7.63. The molecule has 0 aliphatic rings. The number of nitrogens with one attached hydrogen (secondary N) is 1. The summed E-state index contributed by atoms with van der Waals surface area (Å²) in [6.07, 6.45) is 0. The molecule has 16 heavy (non-hydrogen) atoms. The van der Waals surface area contributed by atoms with E-state index in [4.69, 9.17) is 15.3 Å². The normalized spacial score (nSPS) is 9.50. The molecule has 0 radical (unpaired) electrons. The van der Waals surface area contributed by atoms with Crippen LogP contribution in [-0.4, -0.2) is 27.3 Å². The van der Waals surface area contributed by atoms with Crippen LogP contribution < -0.4 is 25.6 Å². The maximum Gasteiger partial charge on any atom is 0.335 e. The Kier molecular flexibility index (Phi) is 3.96. The number of nitrogens with zero attached hydrogens (tertiary/aromatic N) is 1. The molecule has 2 amide bonds. The summed E-state index contributed by atoms with van der Waals surface area (Å²) in [5.74, 6) is 6.24. The highest BCUT2D eigenvalue weighted by atomic mass is 16.5. The van der Waals surface area contributed by atoms with E-state index in [1.165, 1.54) is 12.0 Å². The molecule has 1 aromatic carbocycles. The molecule has 0 heterocycles. The SMILES string of the molecule is COc1ccc(N(C)C(=O)NN)c(OC)c1. The number of urea groups is 1. The van der Waals surface area contributed by atoms with Gasteiger partial charge in [-0.15, -0.1) is 0 Å². The summed E-state index contributed by atoms with van der Waals surface area (Å²) in [5.41, 5.74) is 2.65. The lowest BCUT2D eigenvalue weighted by molar-refractivity contribution is 0.247. The lowest BCUT2D eigenvalue weighted by atomic mass is 10.2. The topological polar surface area (TPSA) is 76.8 Å². The molecule has 0 atom stereocenters. The third-order valence-corrected chi connectivity index (χ3v) is 2.18. The van der Waals surface area contributed by atoms with Crippen molar-refractivity contribution in [1.29, 1.82) is 0 Å². The maximum atomic E-state index is 11.3. The lowest BCUT2D eigenvalue weighted by Gasteiger charge is -2.19. The lowest BCUT2D eigenvalue weighted by Crippen LogP contribution is -2.41. The van der Waals surface area contributed by atoms with Crippen molar-refractivity contribution < 1.29 is 14.3 Å². The van der Waals surface area contributed by atoms with Crippen molar-refractivity contribution in [3.05, 3.63) is 18.2 Å². The number of hydrazine groups is 1. The molecular formula is C10H15N3O3. The highest BCUT2D eigenvalue weighted by Crippen LogP contribution is 2.31. The van der Waals surface area contributed by atoms with Crippen molar-refractivity contribution in [2.45, 2.75) is 0 Å². The van der Waals surface area contributed by atoms with E-state index < -0.39 is 6.03 Å². The van der Waals surface area contributed by atoms with Crippen LogP contribution in [-0.2, 0) is 0 Å². The van der Waals surface area contributed by atoms with Gasteiger partial charge < -0.3 is 9.47 Å². The molecule has 1 aromatic rings. The van der Waals surface area contributed by atoms with Gasteiger partial charge in [0.1, 0.15) is 11.5 Å². The van der Waals surface area contributed by atoms with Crippen molar-refractivity contribution in [1.82, 2.24) is 5.43 Å². The predicted molar refractivity (Wildman–Crippen MR) is 60.7 cm³/mol. The second kappa shape index (κ2) is 5.22. The number of nitrogens with two attached hydrogens (primary N) is 1. The third kappa shape index (κ3) is 2.34. The predicted octanol–water partition coefficient (Wildman–Crippen LogP) is 0.723. The van der Waals surface area contributed by atoms with E-state index in [1.807, 2.05) is 5.43 Å². The number of hydrogen-bond donors (Lipinski definition) is 2. The molecule has 0 fully saturated rings. The van der Waals surface area contributed by atoms with E-state index in [2.05, 4.69) is 0 Å². The molecule has 0 aliphatic heterocycles. The number of amides is 2. The fourth-order valence-electron chi connectivity index (χ4n) is 1.27. The highest BCUT2D eigenvalue weighted by Gasteiger charge is 2.14. The molecule has 0 saturated heterocycles. The van der Waals surface area contributed by atoms with Crippen LogP contribution in [0, 0.1) is 0 Å². The van der Waals surface area contributed by atoms with E-state index >= 15 is 0 Å². The molecule has 88 valence electrons. The first kappa shape index (κ1) is 12.1. The molecule has 0 saturated carbocycles. The van der Waals surface area contributed by atoms with Crippen molar-refractivity contribution in [3.8, 4) is 11.5 Å². The number of methoxy groups -OCH3 is 2. The Morgan fingerprint density at radius 3 is 2.56 bits per heavy atom. The van der Waals surface area contributed by atoms with Crippen molar-refractivity contribution >= 4 is 11.7 Å². The third-order valence-electron chi connectivity index (χ3n) is 2.18. The van der Waals surface area contributed by atoms with Crippen LogP contribution in [0.2, 0.25) is 0 Å². The van der Waals surface area contributed by atoms with Gasteiger partial charge in [0.15, 0.2) is 0 Å². The molecule has 3 N–H and O–H groups in total. The second-order valence-corrected chi connectivity index (χ2v) is 3.05. The maximum absolute atomic E-state index is 11.3. The van der Waals surface area contributed by atoms with Crippen molar-refractivity contribution in [3.63, 3.8) is 0 Å². The summed E-state index contributed by atoms with van der Waals surface area (Å²) in [6, 6.07) is 4.71. The van der Waals surface area contributed by atoms with Gasteiger partial charge in [-0.2, -0.15) is 0 Å². The summed E-state index contributed by atoms with van der Waals surface area (Å²) in [6.45, 7) is 0. The quantitative estimate of drug-likeness (QED) is 0.451. The zero-order valence-electron chi connectivity index (χ0n) is 9.48. The van der Waals surface area contributed by atoms with Crippen LogP contribution >= 0.6 is 0 Å². The Balaban J connectivity index is 3.08. The largest absolute Gasteiger partial charge is 0.497 e. The first-order valence-corrected chi connectivity index (χ1v) is 4.60. The van der Waals surface area contributed by atoms with E-state index in [-0.39, 0.29) is 0 Å². The Morgan fingerprint density at radius 2 is 2.06 bits per heavy atom. The van der Waals surface area contributed by atoms with Gasteiger partial charge in [0.05, 0.1) is 19.9 Å². The molecule has 0 aliphatic carbocycles. The zero-order chi connectivity index (χ0) is 12.1. The van der Waals surface area contributed by atoms with E-state index in [9.17, 15) is 4.79 Å². The van der Waals surface area contributed by atoms with Gasteiger partial charge in [-0.3, -0.25) is 10.3 Å². The average molecular weight is 225 g/mol. The first-order valence-electron chi connectivity index (χ1n) is 4.60. The van der Waals surface area contributed by atoms with Gasteiger partial charge in [-0.1, -0.05) is 0 Å². The summed E-state index contributed by atoms with van der Waals surface area (Å²) in [4.78, 5) is 12.7. The van der Waals surface area contributed by atoms with Gasteiger partial charge in [0.25, 0.3) is 0 Å². The molecule has 0 spiro atoms. The van der Waals surface area contributed by atoms with Gasteiger partial charge in [0, 0.05) is 13.1 Å². The van der Waals surface area contributed by atoms with Crippen LogP contribution in [0.15, 0.2) is 18.2 Å². The number of ether oxygens (including phenoxy) is 2. The van der Waals surface area contributed by atoms with Gasteiger partial charge in [-0.25, -0.2) is 10.6 Å². The molecule has 0 unspecified atom stereocenters. The van der Waals surface area contributed by atoms with Crippen LogP contribution in [0.5, 0.6) is 11.5 Å². The number of rotatable bonds is 3. The fourth-order valence-corrected chi connectivity index (χ4v) is 1.27. The Morgan fingerprint density at radius 1 is 1.38 bits per heavy atom. The standard InChI is InChI=1S/C10H15N3O3/c1-13(10(14)12-11)8-5-4-7(15-2)6-9(8)16-3/h4-6H,11H2,1-3H3,(H,12,14). The minimum atomic E-state index is -0.427. The molecule has 0 aromatic heterocycles. The summed E-state index contributed by atoms with van der Waals surface area (Å²) < 4.78 is 10.2. The molecule has 1 rings (SSSR count). The summed E-state index contributed by atoms with van der Waals surface area (Å²) in [7, 11) is 4.67. The second-order valence-electron chi connectivity index (χ2n) is 3.05. The molecule has 6 heteroatoms. The molecular weight excluding hydrogens is 210 g/mol. The van der Waals surface area contributed by atoms with Crippen LogP contribution in [0.4, 0.5) is 10.5 Å². The van der Waals surface area contributed by atoms with Gasteiger partial charge in [-0.05, 0) is 12.1 Å². The Labute approximate surface area is 93.9 Å². The van der Waals surface area contributed by atoms with E-state index in [0.717, 1.165) is 0 Å². The smallest absolute Gasteiger partial charge is 0.335 e. The Bertz CT molecular complexity index is 382. The van der Waals surface area contributed by atoms with E-state index in [1.54, 1.807) is 32.4 Å². The van der Waals surface area contributed by atoms with Crippen LogP contribution in [0.25, 0.3) is 0 Å². The Hall–Kier alpha value is -1.95. The van der Waals surface area contributed by atoms with E-state index in [0.29, 0.717) is 17.2 Å². The zero-order valence-corrected chi connectivity index (χ0v) is 9.48. The van der Waals surface area contributed by atoms with Gasteiger partial charge >= 0.3 is 6.03 Å². The minimum absolute atomic E-state index is 0.427. The average Bonchev–Trinajstić information content (AvgIpc) is 2.35. The van der Waals surface area contributed by atoms with Crippen molar-refractivity contribution in [2.24, 2.45) is 5.84 Å². The molecule has 0 bridgehead atoms. The number of hydrogen-bond acceptors (Lipinski definition) is 4. The minimum Gasteiger partial charge on any atom is -0.497 e. The van der Waals surface area contributed by atoms with Gasteiger partial charge in [0.2, 0.25) is 0 Å². The summed E-state index contributed by atoms with van der Waals surface area (Å²) >= 11 is 0. The highest BCUT2D eigenvalue weighted by molar-refractivity contribution is 5.92. The number of carbonyl (C=O) groups excluding carboxylic acids is 1. The summed E-state index contributed by atoms with van der Waals surface area (Å²) in [5, 5.41) is 0. The monoisotopic (exact) mass is 225 g/mol. The fraction of sp³-hybridized carbons (Fsp3) is 0.300. The van der Waals surface area contributed by atoms with Crippen LogP contribution in [0.3, 0.4) is 0 Å². The van der Waals surface area contributed by atoms with Crippen LogP contribution in [0.1, 0.15) is 0 Å². The van der Waals surface area contributed by atoms with Crippen molar-refractivity contribution in [2.75, 3.05) is 26.2 Å². The number of benzene rings is 1. The molecule has 6 nitrogen and oxygen atoms in total.